The molecule has 0 fully saturated rings. The zero-order valence-electron chi connectivity index (χ0n) is 14.1. The highest BCUT2D eigenvalue weighted by Gasteiger charge is 1.92. The molecular formula is C15H30O9. The van der Waals surface area contributed by atoms with E-state index in [-0.39, 0.29) is 13.2 Å². The number of ether oxygens (including phenoxy) is 5. The Balaban J connectivity index is 0. The minimum atomic E-state index is -0.981. The summed E-state index contributed by atoms with van der Waals surface area (Å²) in [4.78, 5) is 9.25. The normalized spacial score (nSPS) is 10.1. The first-order chi connectivity index (χ1) is 11.7. The average Bonchev–Trinajstić information content (AvgIpc) is 2.59. The summed E-state index contributed by atoms with van der Waals surface area (Å²) in [5.74, 6) is -0.981. The Hall–Kier alpha value is -1.07. The highest BCUT2D eigenvalue weighted by Crippen LogP contribution is 1.83. The average molecular weight is 354 g/mol. The van der Waals surface area contributed by atoms with Crippen molar-refractivity contribution in [1.29, 1.82) is 0 Å². The molecule has 0 radical (unpaired) electrons. The molecular weight excluding hydrogens is 324 g/mol. The first-order valence-corrected chi connectivity index (χ1v) is 7.64. The molecule has 0 rings (SSSR count). The predicted octanol–water partition coefficient (Wildman–Crippen LogP) is -0.689. The van der Waals surface area contributed by atoms with Crippen molar-refractivity contribution in [3.05, 3.63) is 12.7 Å². The van der Waals surface area contributed by atoms with Crippen LogP contribution in [0.15, 0.2) is 12.7 Å². The molecule has 9 heteroatoms. The maximum atomic E-state index is 9.25. The fraction of sp³-hybridized carbons (Fsp3) is 0.800. The number of carboxylic acids is 1. The zero-order chi connectivity index (χ0) is 18.3. The molecule has 0 bridgehead atoms. The summed E-state index contributed by atoms with van der Waals surface area (Å²) < 4.78 is 25.8. The molecule has 0 saturated carbocycles. The topological polar surface area (TPSA) is 124 Å². The van der Waals surface area contributed by atoms with Crippen LogP contribution >= 0.6 is 0 Å². The van der Waals surface area contributed by atoms with E-state index in [1.165, 1.54) is 0 Å². The highest BCUT2D eigenvalue weighted by molar-refractivity contribution is 5.78. The van der Waals surface area contributed by atoms with Crippen molar-refractivity contribution in [3.63, 3.8) is 0 Å². The van der Waals surface area contributed by atoms with Crippen LogP contribution in [0, 0.1) is 0 Å². The van der Waals surface area contributed by atoms with Gasteiger partial charge in [0.15, 0.2) is 0 Å². The minimum Gasteiger partial charge on any atom is -0.478 e. The second kappa shape index (κ2) is 24.2. The van der Waals surface area contributed by atoms with E-state index in [4.69, 9.17) is 39.0 Å². The van der Waals surface area contributed by atoms with Crippen molar-refractivity contribution >= 4 is 5.97 Å². The number of aliphatic carboxylic acids is 1. The number of aliphatic hydroxyl groups excluding tert-OH is 2. The van der Waals surface area contributed by atoms with E-state index in [0.29, 0.717) is 66.1 Å². The molecule has 0 aliphatic heterocycles. The predicted molar refractivity (Wildman–Crippen MR) is 86.1 cm³/mol. The fourth-order valence-corrected chi connectivity index (χ4v) is 1.11. The van der Waals surface area contributed by atoms with Crippen LogP contribution in [-0.4, -0.2) is 101 Å². The third-order valence-corrected chi connectivity index (χ3v) is 2.13. The van der Waals surface area contributed by atoms with Gasteiger partial charge in [0.2, 0.25) is 0 Å². The Labute approximate surface area is 142 Å². The summed E-state index contributed by atoms with van der Waals surface area (Å²) in [5, 5.41) is 24.5. The molecule has 3 N–H and O–H groups in total. The molecule has 0 aromatic heterocycles. The first-order valence-electron chi connectivity index (χ1n) is 7.64. The zero-order valence-corrected chi connectivity index (χ0v) is 14.1. The van der Waals surface area contributed by atoms with Gasteiger partial charge < -0.3 is 39.0 Å². The van der Waals surface area contributed by atoms with Crippen LogP contribution in [0.3, 0.4) is 0 Å². The van der Waals surface area contributed by atoms with Crippen LogP contribution < -0.4 is 0 Å². The van der Waals surface area contributed by atoms with E-state index >= 15 is 0 Å². The van der Waals surface area contributed by atoms with Gasteiger partial charge in [-0.3, -0.25) is 0 Å². The number of hydrogen-bond acceptors (Lipinski definition) is 8. The van der Waals surface area contributed by atoms with E-state index in [1.807, 2.05) is 0 Å². The van der Waals surface area contributed by atoms with Crippen LogP contribution in [0.25, 0.3) is 0 Å². The molecule has 0 unspecified atom stereocenters. The summed E-state index contributed by atoms with van der Waals surface area (Å²) in [6, 6.07) is 0. The molecule has 0 aromatic carbocycles. The van der Waals surface area contributed by atoms with Gasteiger partial charge in [-0.1, -0.05) is 6.58 Å². The lowest BCUT2D eigenvalue weighted by Crippen LogP contribution is -2.14. The SMILES string of the molecule is C=CC(=O)O.OCCOCCOCCOCCOCCOCCO. The molecule has 0 heterocycles. The second-order valence-corrected chi connectivity index (χ2v) is 4.05. The van der Waals surface area contributed by atoms with Gasteiger partial charge in [0.25, 0.3) is 0 Å². The molecule has 0 spiro atoms. The first kappa shape index (κ1) is 25.2. The number of carboxylic acid groups (broad SMARTS) is 1. The Morgan fingerprint density at radius 2 is 0.875 bits per heavy atom. The maximum Gasteiger partial charge on any atom is 0.327 e. The van der Waals surface area contributed by atoms with Crippen molar-refractivity contribution in [2.24, 2.45) is 0 Å². The van der Waals surface area contributed by atoms with E-state index < -0.39 is 5.97 Å². The monoisotopic (exact) mass is 354 g/mol. The molecule has 0 aromatic rings. The Morgan fingerprint density at radius 1 is 0.667 bits per heavy atom. The summed E-state index contributed by atoms with van der Waals surface area (Å²) in [5.41, 5.74) is 0. The van der Waals surface area contributed by atoms with Crippen molar-refractivity contribution in [3.8, 4) is 0 Å². The quantitative estimate of drug-likeness (QED) is 0.230. The number of carbonyl (C=O) groups is 1. The summed E-state index contributed by atoms with van der Waals surface area (Å²) in [6.07, 6.45) is 0.833. The van der Waals surface area contributed by atoms with Crippen LogP contribution in [0.2, 0.25) is 0 Å². The molecule has 0 aliphatic carbocycles. The van der Waals surface area contributed by atoms with E-state index in [9.17, 15) is 4.79 Å². The van der Waals surface area contributed by atoms with E-state index in [0.717, 1.165) is 6.08 Å². The van der Waals surface area contributed by atoms with Gasteiger partial charge in [-0.25, -0.2) is 4.79 Å². The molecule has 0 atom stereocenters. The third-order valence-electron chi connectivity index (χ3n) is 2.13. The van der Waals surface area contributed by atoms with E-state index in [1.54, 1.807) is 0 Å². The van der Waals surface area contributed by atoms with Gasteiger partial charge in [0.1, 0.15) is 0 Å². The Morgan fingerprint density at radius 3 is 1.04 bits per heavy atom. The summed E-state index contributed by atoms with van der Waals surface area (Å²) in [7, 11) is 0. The van der Waals surface area contributed by atoms with Crippen LogP contribution in [-0.2, 0) is 28.5 Å². The van der Waals surface area contributed by atoms with Crippen LogP contribution in [0.5, 0.6) is 0 Å². The number of hydrogen-bond donors (Lipinski definition) is 3. The van der Waals surface area contributed by atoms with Crippen molar-refractivity contribution < 1.29 is 43.8 Å². The Bertz CT molecular complexity index is 245. The van der Waals surface area contributed by atoms with Gasteiger partial charge in [0, 0.05) is 6.08 Å². The fourth-order valence-electron chi connectivity index (χ4n) is 1.11. The largest absolute Gasteiger partial charge is 0.478 e. The molecule has 0 amide bonds. The lowest BCUT2D eigenvalue weighted by molar-refractivity contribution is -0.131. The van der Waals surface area contributed by atoms with Gasteiger partial charge in [-0.15, -0.1) is 0 Å². The van der Waals surface area contributed by atoms with E-state index in [2.05, 4.69) is 6.58 Å². The van der Waals surface area contributed by atoms with Crippen LogP contribution in [0.4, 0.5) is 0 Å². The van der Waals surface area contributed by atoms with Gasteiger partial charge >= 0.3 is 5.97 Å². The lowest BCUT2D eigenvalue weighted by Gasteiger charge is -2.07. The molecule has 0 saturated heterocycles. The second-order valence-electron chi connectivity index (χ2n) is 4.05. The third kappa shape index (κ3) is 29.0. The van der Waals surface area contributed by atoms with Crippen LogP contribution in [0.1, 0.15) is 0 Å². The number of rotatable bonds is 17. The Kier molecular flexibility index (Phi) is 25.4. The maximum absolute atomic E-state index is 9.25. The molecule has 0 aliphatic rings. The minimum absolute atomic E-state index is 0.0359. The van der Waals surface area contributed by atoms with Crippen molar-refractivity contribution in [2.75, 3.05) is 79.3 Å². The van der Waals surface area contributed by atoms with Gasteiger partial charge in [-0.2, -0.15) is 0 Å². The van der Waals surface area contributed by atoms with Crippen molar-refractivity contribution in [2.45, 2.75) is 0 Å². The summed E-state index contributed by atoms with van der Waals surface area (Å²) in [6.45, 7) is 7.77. The summed E-state index contributed by atoms with van der Waals surface area (Å²) >= 11 is 0. The standard InChI is InChI=1S/C12H26O7.C3H4O2/c13-1-3-15-5-7-17-9-11-19-12-10-18-8-6-16-4-2-14;1-2-3(4)5/h13-14H,1-12H2;2H,1H2,(H,4,5). The van der Waals surface area contributed by atoms with Gasteiger partial charge in [0.05, 0.1) is 79.3 Å². The number of aliphatic hydroxyl groups is 2. The van der Waals surface area contributed by atoms with Gasteiger partial charge in [-0.05, 0) is 0 Å². The molecule has 9 nitrogen and oxygen atoms in total. The molecule has 24 heavy (non-hydrogen) atoms. The lowest BCUT2D eigenvalue weighted by atomic mass is 10.7. The highest BCUT2D eigenvalue weighted by atomic mass is 16.6. The van der Waals surface area contributed by atoms with Crippen molar-refractivity contribution in [1.82, 2.24) is 0 Å². The molecule has 144 valence electrons. The smallest absolute Gasteiger partial charge is 0.327 e.